The standard InChI is InChI=1S/C38H32N2/c1-27-9-7-11-31(25-27)35-13-3-5-15-37(35)39-33-21-17-29(18-22-33)30-19-23-34(24-20-30)40-38-16-6-4-14-36(38)32-12-8-10-28(2)26-32/h3-26,39-40H,1-2H3. The Labute approximate surface area is 237 Å². The van der Waals surface area contributed by atoms with Gasteiger partial charge < -0.3 is 10.6 Å². The predicted molar refractivity (Wildman–Crippen MR) is 172 cm³/mol. The molecule has 6 rings (SSSR count). The summed E-state index contributed by atoms with van der Waals surface area (Å²) in [5.41, 5.74) is 14.0. The highest BCUT2D eigenvalue weighted by molar-refractivity contribution is 5.83. The Morgan fingerprint density at radius 1 is 0.350 bits per heavy atom. The summed E-state index contributed by atoms with van der Waals surface area (Å²) in [6, 6.07) is 51.5. The van der Waals surface area contributed by atoms with E-state index in [-0.39, 0.29) is 0 Å². The van der Waals surface area contributed by atoms with Crippen molar-refractivity contribution in [3.05, 3.63) is 157 Å². The van der Waals surface area contributed by atoms with E-state index in [1.54, 1.807) is 0 Å². The molecule has 40 heavy (non-hydrogen) atoms. The van der Waals surface area contributed by atoms with Crippen LogP contribution in [-0.4, -0.2) is 0 Å². The van der Waals surface area contributed by atoms with Crippen LogP contribution >= 0.6 is 0 Å². The van der Waals surface area contributed by atoms with E-state index in [9.17, 15) is 0 Å². The molecule has 0 aliphatic rings. The van der Waals surface area contributed by atoms with Crippen LogP contribution in [-0.2, 0) is 0 Å². The average molecular weight is 517 g/mol. The summed E-state index contributed by atoms with van der Waals surface area (Å²) >= 11 is 0. The number of nitrogens with one attached hydrogen (secondary N) is 2. The topological polar surface area (TPSA) is 24.1 Å². The number of benzene rings is 6. The third-order valence-corrected chi connectivity index (χ3v) is 7.17. The van der Waals surface area contributed by atoms with Crippen LogP contribution in [0, 0.1) is 13.8 Å². The molecule has 0 aliphatic carbocycles. The summed E-state index contributed by atoms with van der Waals surface area (Å²) in [5, 5.41) is 7.24. The molecule has 0 bridgehead atoms. The molecule has 0 unspecified atom stereocenters. The monoisotopic (exact) mass is 516 g/mol. The highest BCUT2D eigenvalue weighted by Gasteiger charge is 2.08. The second-order valence-electron chi connectivity index (χ2n) is 10.2. The van der Waals surface area contributed by atoms with Crippen molar-refractivity contribution < 1.29 is 0 Å². The molecule has 2 nitrogen and oxygen atoms in total. The van der Waals surface area contributed by atoms with Gasteiger partial charge in [0, 0.05) is 33.9 Å². The maximum absolute atomic E-state index is 3.62. The number of aryl methyl sites for hydroxylation is 2. The second kappa shape index (κ2) is 11.3. The first-order valence-corrected chi connectivity index (χ1v) is 13.7. The van der Waals surface area contributed by atoms with Crippen molar-refractivity contribution in [3.63, 3.8) is 0 Å². The van der Waals surface area contributed by atoms with E-state index < -0.39 is 0 Å². The number of hydrogen-bond donors (Lipinski definition) is 2. The van der Waals surface area contributed by atoms with Crippen LogP contribution in [0.4, 0.5) is 22.7 Å². The number of hydrogen-bond acceptors (Lipinski definition) is 2. The molecule has 6 aromatic rings. The lowest BCUT2D eigenvalue weighted by atomic mass is 10.0. The van der Waals surface area contributed by atoms with Crippen molar-refractivity contribution in [3.8, 4) is 33.4 Å². The van der Waals surface area contributed by atoms with Crippen LogP contribution < -0.4 is 10.6 Å². The largest absolute Gasteiger partial charge is 0.355 e. The zero-order valence-corrected chi connectivity index (χ0v) is 22.9. The molecule has 0 heterocycles. The van der Waals surface area contributed by atoms with E-state index in [1.807, 2.05) is 0 Å². The van der Waals surface area contributed by atoms with E-state index in [4.69, 9.17) is 0 Å². The molecule has 0 amide bonds. The molecule has 0 saturated carbocycles. The van der Waals surface area contributed by atoms with Gasteiger partial charge in [-0.3, -0.25) is 0 Å². The van der Waals surface area contributed by atoms with Gasteiger partial charge in [0.1, 0.15) is 0 Å². The predicted octanol–water partition coefficient (Wildman–Crippen LogP) is 10.8. The maximum atomic E-state index is 3.62. The van der Waals surface area contributed by atoms with Gasteiger partial charge in [0.2, 0.25) is 0 Å². The van der Waals surface area contributed by atoms with Crippen molar-refractivity contribution in [2.45, 2.75) is 13.8 Å². The van der Waals surface area contributed by atoms with Crippen LogP contribution in [0.5, 0.6) is 0 Å². The normalized spacial score (nSPS) is 10.8. The molecule has 194 valence electrons. The van der Waals surface area contributed by atoms with Crippen molar-refractivity contribution in [2.24, 2.45) is 0 Å². The van der Waals surface area contributed by atoms with Crippen molar-refractivity contribution in [1.29, 1.82) is 0 Å². The molecule has 2 N–H and O–H groups in total. The summed E-state index contributed by atoms with van der Waals surface area (Å²) in [6.45, 7) is 4.26. The summed E-state index contributed by atoms with van der Waals surface area (Å²) in [5.74, 6) is 0. The van der Waals surface area contributed by atoms with Crippen LogP contribution in [0.15, 0.2) is 146 Å². The van der Waals surface area contributed by atoms with Crippen molar-refractivity contribution in [1.82, 2.24) is 0 Å². The summed E-state index contributed by atoms with van der Waals surface area (Å²) in [6.07, 6.45) is 0. The third kappa shape index (κ3) is 5.67. The Morgan fingerprint density at radius 2 is 0.750 bits per heavy atom. The number of rotatable bonds is 7. The fourth-order valence-corrected chi connectivity index (χ4v) is 5.12. The molecule has 0 atom stereocenters. The molecule has 0 aliphatic heterocycles. The van der Waals surface area contributed by atoms with Crippen LogP contribution in [0.1, 0.15) is 11.1 Å². The molecule has 0 spiro atoms. The minimum Gasteiger partial charge on any atom is -0.355 e. The third-order valence-electron chi connectivity index (χ3n) is 7.17. The molecular formula is C38H32N2. The molecule has 0 saturated heterocycles. The molecular weight excluding hydrogens is 484 g/mol. The fourth-order valence-electron chi connectivity index (χ4n) is 5.12. The zero-order valence-electron chi connectivity index (χ0n) is 22.9. The summed E-state index contributed by atoms with van der Waals surface area (Å²) < 4.78 is 0. The summed E-state index contributed by atoms with van der Waals surface area (Å²) in [4.78, 5) is 0. The Hall–Kier alpha value is -5.08. The Bertz CT molecular complexity index is 1620. The SMILES string of the molecule is Cc1cccc(-c2ccccc2Nc2ccc(-c3ccc(Nc4ccccc4-c4cccc(C)c4)cc3)cc2)c1. The number of anilines is 4. The van der Waals surface area contributed by atoms with Gasteiger partial charge in [-0.25, -0.2) is 0 Å². The Morgan fingerprint density at radius 3 is 1.15 bits per heavy atom. The summed E-state index contributed by atoms with van der Waals surface area (Å²) in [7, 11) is 0. The van der Waals surface area contributed by atoms with Gasteiger partial charge in [-0.15, -0.1) is 0 Å². The average Bonchev–Trinajstić information content (AvgIpc) is 2.99. The molecule has 0 aromatic heterocycles. The highest BCUT2D eigenvalue weighted by atomic mass is 14.9. The van der Waals surface area contributed by atoms with Crippen LogP contribution in [0.25, 0.3) is 33.4 Å². The minimum absolute atomic E-state index is 1.06. The fraction of sp³-hybridized carbons (Fsp3) is 0.0526. The zero-order chi connectivity index (χ0) is 27.3. The van der Waals surface area contributed by atoms with E-state index in [0.29, 0.717) is 0 Å². The van der Waals surface area contributed by atoms with Gasteiger partial charge in [0.05, 0.1) is 0 Å². The first-order valence-electron chi connectivity index (χ1n) is 13.7. The smallest absolute Gasteiger partial charge is 0.0463 e. The second-order valence-corrected chi connectivity index (χ2v) is 10.2. The molecule has 0 fully saturated rings. The lowest BCUT2D eigenvalue weighted by Crippen LogP contribution is -1.94. The van der Waals surface area contributed by atoms with Gasteiger partial charge >= 0.3 is 0 Å². The Balaban J connectivity index is 1.18. The van der Waals surface area contributed by atoms with E-state index in [1.165, 1.54) is 44.5 Å². The minimum atomic E-state index is 1.06. The lowest BCUT2D eigenvalue weighted by molar-refractivity contribution is 1.46. The molecule has 6 aromatic carbocycles. The lowest BCUT2D eigenvalue weighted by Gasteiger charge is -2.14. The maximum Gasteiger partial charge on any atom is 0.0463 e. The number of para-hydroxylation sites is 2. The first kappa shape index (κ1) is 25.2. The van der Waals surface area contributed by atoms with E-state index in [2.05, 4.69) is 170 Å². The van der Waals surface area contributed by atoms with Crippen molar-refractivity contribution in [2.75, 3.05) is 10.6 Å². The first-order chi connectivity index (χ1) is 19.6. The van der Waals surface area contributed by atoms with Gasteiger partial charge in [-0.2, -0.15) is 0 Å². The quantitative estimate of drug-likeness (QED) is 0.220. The Kier molecular flexibility index (Phi) is 7.15. The molecule has 0 radical (unpaired) electrons. The van der Waals surface area contributed by atoms with Crippen LogP contribution in [0.2, 0.25) is 0 Å². The van der Waals surface area contributed by atoms with Gasteiger partial charge in [0.15, 0.2) is 0 Å². The van der Waals surface area contributed by atoms with Gasteiger partial charge in [-0.1, -0.05) is 120 Å². The van der Waals surface area contributed by atoms with Gasteiger partial charge in [-0.05, 0) is 72.5 Å². The molecule has 2 heteroatoms. The van der Waals surface area contributed by atoms with Crippen molar-refractivity contribution >= 4 is 22.7 Å². The van der Waals surface area contributed by atoms with Crippen LogP contribution in [0.3, 0.4) is 0 Å². The highest BCUT2D eigenvalue weighted by Crippen LogP contribution is 2.33. The van der Waals surface area contributed by atoms with Gasteiger partial charge in [0.25, 0.3) is 0 Å². The van der Waals surface area contributed by atoms with E-state index in [0.717, 1.165) is 22.7 Å². The van der Waals surface area contributed by atoms with E-state index >= 15 is 0 Å².